The molecule has 2 heteroatoms. The minimum Gasteiger partial charge on any atom is -0.490 e. The lowest BCUT2D eigenvalue weighted by molar-refractivity contribution is 0.336. The predicted octanol–water partition coefficient (Wildman–Crippen LogP) is 2.10. The maximum atomic E-state index is 8.55. The van der Waals surface area contributed by atoms with Crippen LogP contribution in [0.2, 0.25) is 0 Å². The van der Waals surface area contributed by atoms with E-state index in [-0.39, 0.29) is 6.61 Å². The monoisotopic (exact) mass is 204 g/mol. The second-order valence-electron chi connectivity index (χ2n) is 3.75. The lowest BCUT2D eigenvalue weighted by Gasteiger charge is -2.05. The van der Waals surface area contributed by atoms with E-state index in [1.54, 1.807) is 6.08 Å². The molecule has 0 unspecified atom stereocenters. The number of hydrogen-bond donors (Lipinski definition) is 1. The minimum atomic E-state index is 0.0769. The van der Waals surface area contributed by atoms with Crippen LogP contribution in [0.1, 0.15) is 17.5 Å². The standard InChI is InChI=1S/C13H16O2/c14-8-1-2-9-15-13-7-6-11-4-3-5-12(11)10-13/h1-2,6-7,10,14H,3-5,8-9H2/b2-1+. The zero-order valence-corrected chi connectivity index (χ0v) is 8.78. The van der Waals surface area contributed by atoms with Gasteiger partial charge in [-0.1, -0.05) is 12.1 Å². The number of benzene rings is 1. The van der Waals surface area contributed by atoms with Crippen LogP contribution in [0, 0.1) is 0 Å². The fourth-order valence-electron chi connectivity index (χ4n) is 1.92. The van der Waals surface area contributed by atoms with Crippen molar-refractivity contribution in [2.75, 3.05) is 13.2 Å². The van der Waals surface area contributed by atoms with Crippen molar-refractivity contribution in [2.45, 2.75) is 19.3 Å². The number of aliphatic hydroxyl groups is 1. The molecule has 0 aromatic heterocycles. The molecule has 0 radical (unpaired) electrons. The summed E-state index contributed by atoms with van der Waals surface area (Å²) in [5.74, 6) is 0.929. The van der Waals surface area contributed by atoms with E-state index in [2.05, 4.69) is 12.1 Å². The van der Waals surface area contributed by atoms with Gasteiger partial charge in [-0.2, -0.15) is 0 Å². The summed E-state index contributed by atoms with van der Waals surface area (Å²) in [4.78, 5) is 0. The highest BCUT2D eigenvalue weighted by Gasteiger charge is 2.10. The van der Waals surface area contributed by atoms with E-state index < -0.39 is 0 Å². The van der Waals surface area contributed by atoms with E-state index in [0.717, 1.165) is 5.75 Å². The van der Waals surface area contributed by atoms with Crippen molar-refractivity contribution >= 4 is 0 Å². The Kier molecular flexibility index (Phi) is 3.41. The van der Waals surface area contributed by atoms with Gasteiger partial charge in [-0.15, -0.1) is 0 Å². The first kappa shape index (κ1) is 10.2. The van der Waals surface area contributed by atoms with E-state index in [1.807, 2.05) is 12.1 Å². The summed E-state index contributed by atoms with van der Waals surface area (Å²) in [5, 5.41) is 8.55. The van der Waals surface area contributed by atoms with Crippen molar-refractivity contribution in [1.29, 1.82) is 0 Å². The number of fused-ring (bicyclic) bond motifs is 1. The van der Waals surface area contributed by atoms with Crippen LogP contribution < -0.4 is 4.74 Å². The van der Waals surface area contributed by atoms with Gasteiger partial charge >= 0.3 is 0 Å². The Morgan fingerprint density at radius 1 is 1.20 bits per heavy atom. The molecule has 0 aliphatic heterocycles. The van der Waals surface area contributed by atoms with Crippen LogP contribution in [0.25, 0.3) is 0 Å². The average Bonchev–Trinajstić information content (AvgIpc) is 2.71. The summed E-state index contributed by atoms with van der Waals surface area (Å²) in [6.45, 7) is 0.604. The number of hydrogen-bond acceptors (Lipinski definition) is 2. The zero-order valence-electron chi connectivity index (χ0n) is 8.78. The fraction of sp³-hybridized carbons (Fsp3) is 0.385. The molecular formula is C13H16O2. The number of aryl methyl sites for hydroxylation is 2. The molecular weight excluding hydrogens is 188 g/mol. The van der Waals surface area contributed by atoms with E-state index >= 15 is 0 Å². The van der Waals surface area contributed by atoms with Crippen molar-refractivity contribution in [1.82, 2.24) is 0 Å². The third-order valence-electron chi connectivity index (χ3n) is 2.69. The summed E-state index contributed by atoms with van der Waals surface area (Å²) in [5.41, 5.74) is 2.90. The normalized spacial score (nSPS) is 14.5. The molecule has 1 aromatic rings. The molecule has 1 aliphatic carbocycles. The van der Waals surface area contributed by atoms with Gasteiger partial charge in [0.05, 0.1) is 6.61 Å². The van der Waals surface area contributed by atoms with Gasteiger partial charge in [-0.3, -0.25) is 0 Å². The molecule has 2 nitrogen and oxygen atoms in total. The van der Waals surface area contributed by atoms with Crippen molar-refractivity contribution in [2.24, 2.45) is 0 Å². The summed E-state index contributed by atoms with van der Waals surface area (Å²) >= 11 is 0. The van der Waals surface area contributed by atoms with Crippen LogP contribution in [0.15, 0.2) is 30.4 Å². The number of rotatable bonds is 4. The summed E-state index contributed by atoms with van der Waals surface area (Å²) in [6, 6.07) is 6.32. The third-order valence-corrected chi connectivity index (χ3v) is 2.69. The molecule has 0 amide bonds. The molecule has 0 fully saturated rings. The second kappa shape index (κ2) is 4.99. The summed E-state index contributed by atoms with van der Waals surface area (Å²) in [7, 11) is 0. The first-order valence-electron chi connectivity index (χ1n) is 5.40. The van der Waals surface area contributed by atoms with Crippen molar-refractivity contribution in [3.8, 4) is 5.75 Å². The topological polar surface area (TPSA) is 29.5 Å². The molecule has 15 heavy (non-hydrogen) atoms. The van der Waals surface area contributed by atoms with Gasteiger partial charge < -0.3 is 9.84 Å². The molecule has 0 heterocycles. The Labute approximate surface area is 90.2 Å². The Hall–Kier alpha value is -1.28. The van der Waals surface area contributed by atoms with Gasteiger partial charge in [0.1, 0.15) is 12.4 Å². The first-order valence-corrected chi connectivity index (χ1v) is 5.40. The zero-order chi connectivity index (χ0) is 10.5. The van der Waals surface area contributed by atoms with Gasteiger partial charge in [0, 0.05) is 0 Å². The van der Waals surface area contributed by atoms with Crippen molar-refractivity contribution < 1.29 is 9.84 Å². The van der Waals surface area contributed by atoms with Crippen LogP contribution in [0.4, 0.5) is 0 Å². The Morgan fingerprint density at radius 3 is 2.93 bits per heavy atom. The van der Waals surface area contributed by atoms with Gasteiger partial charge in [0.15, 0.2) is 0 Å². The Bertz CT molecular complexity index is 356. The van der Waals surface area contributed by atoms with Gasteiger partial charge in [0.2, 0.25) is 0 Å². The quantitative estimate of drug-likeness (QED) is 0.761. The number of ether oxygens (including phenoxy) is 1. The molecule has 0 atom stereocenters. The molecule has 0 spiro atoms. The molecule has 1 aliphatic rings. The van der Waals surface area contributed by atoms with E-state index in [4.69, 9.17) is 9.84 Å². The van der Waals surface area contributed by atoms with Gasteiger partial charge in [-0.25, -0.2) is 0 Å². The molecule has 0 saturated heterocycles. The van der Waals surface area contributed by atoms with E-state index in [0.29, 0.717) is 6.61 Å². The average molecular weight is 204 g/mol. The predicted molar refractivity (Wildman–Crippen MR) is 60.2 cm³/mol. The Balaban J connectivity index is 1.95. The summed E-state index contributed by atoms with van der Waals surface area (Å²) < 4.78 is 5.54. The lowest BCUT2D eigenvalue weighted by Crippen LogP contribution is -1.94. The molecule has 80 valence electrons. The molecule has 2 rings (SSSR count). The third kappa shape index (κ3) is 2.60. The van der Waals surface area contributed by atoms with Crippen LogP contribution in [0.5, 0.6) is 5.75 Å². The highest BCUT2D eigenvalue weighted by Crippen LogP contribution is 2.25. The van der Waals surface area contributed by atoms with Gasteiger partial charge in [0.25, 0.3) is 0 Å². The van der Waals surface area contributed by atoms with Crippen LogP contribution in [0.3, 0.4) is 0 Å². The first-order chi connectivity index (χ1) is 7.40. The van der Waals surface area contributed by atoms with Gasteiger partial charge in [-0.05, 0) is 48.6 Å². The number of aliphatic hydroxyl groups excluding tert-OH is 1. The smallest absolute Gasteiger partial charge is 0.120 e. The molecule has 0 saturated carbocycles. The SMILES string of the molecule is OC/C=C/COc1ccc2c(c1)CCC2. The fourth-order valence-corrected chi connectivity index (χ4v) is 1.92. The molecule has 1 N–H and O–H groups in total. The minimum absolute atomic E-state index is 0.0769. The van der Waals surface area contributed by atoms with Crippen LogP contribution >= 0.6 is 0 Å². The molecule has 0 bridgehead atoms. The highest BCUT2D eigenvalue weighted by atomic mass is 16.5. The van der Waals surface area contributed by atoms with E-state index in [1.165, 1.54) is 30.4 Å². The maximum absolute atomic E-state index is 8.55. The largest absolute Gasteiger partial charge is 0.490 e. The van der Waals surface area contributed by atoms with Crippen LogP contribution in [-0.4, -0.2) is 18.3 Å². The van der Waals surface area contributed by atoms with E-state index in [9.17, 15) is 0 Å². The maximum Gasteiger partial charge on any atom is 0.120 e. The highest BCUT2D eigenvalue weighted by molar-refractivity contribution is 5.38. The summed E-state index contributed by atoms with van der Waals surface area (Å²) in [6.07, 6.45) is 7.17. The molecule has 1 aromatic carbocycles. The van der Waals surface area contributed by atoms with Crippen molar-refractivity contribution in [3.05, 3.63) is 41.5 Å². The second-order valence-corrected chi connectivity index (χ2v) is 3.75. The lowest BCUT2D eigenvalue weighted by atomic mass is 10.1. The Morgan fingerprint density at radius 2 is 2.07 bits per heavy atom. The van der Waals surface area contributed by atoms with Crippen LogP contribution in [-0.2, 0) is 12.8 Å². The van der Waals surface area contributed by atoms with Crippen molar-refractivity contribution in [3.63, 3.8) is 0 Å².